The second-order valence-electron chi connectivity index (χ2n) is 3.53. The predicted octanol–water partition coefficient (Wildman–Crippen LogP) is 3.06. The number of ketones is 2. The summed E-state index contributed by atoms with van der Waals surface area (Å²) in [5.74, 6) is -0.772. The van der Waals surface area contributed by atoms with Gasteiger partial charge in [-0.25, -0.2) is 0 Å². The molecule has 0 fully saturated rings. The fraction of sp³-hybridized carbons (Fsp3) is 0.667. The lowest BCUT2D eigenvalue weighted by Crippen LogP contribution is -2.04. The zero-order chi connectivity index (χ0) is 10.8. The molecule has 0 heterocycles. The van der Waals surface area contributed by atoms with Crippen LogP contribution in [0.1, 0.15) is 52.4 Å². The van der Waals surface area contributed by atoms with Gasteiger partial charge in [-0.2, -0.15) is 0 Å². The Morgan fingerprint density at radius 3 is 2.29 bits per heavy atom. The molecule has 0 aromatic rings. The van der Waals surface area contributed by atoms with Gasteiger partial charge in [0.15, 0.2) is 5.78 Å². The van der Waals surface area contributed by atoms with Crippen LogP contribution in [0.5, 0.6) is 0 Å². The summed E-state index contributed by atoms with van der Waals surface area (Å²) in [5.41, 5.74) is 0. The molecule has 0 atom stereocenters. The van der Waals surface area contributed by atoms with E-state index in [9.17, 15) is 9.59 Å². The normalized spacial score (nSPS) is 10.7. The number of allylic oxidation sites excluding steroid dienone is 2. The van der Waals surface area contributed by atoms with Crippen molar-refractivity contribution in [3.05, 3.63) is 12.2 Å². The average Bonchev–Trinajstić information content (AvgIpc) is 2.16. The van der Waals surface area contributed by atoms with E-state index >= 15 is 0 Å². The smallest absolute Gasteiger partial charge is 0.220 e. The van der Waals surface area contributed by atoms with Crippen molar-refractivity contribution in [2.75, 3.05) is 0 Å². The molecule has 0 radical (unpaired) electrons. The van der Waals surface area contributed by atoms with Crippen LogP contribution in [0.4, 0.5) is 0 Å². The van der Waals surface area contributed by atoms with Gasteiger partial charge < -0.3 is 0 Å². The van der Waals surface area contributed by atoms with Gasteiger partial charge in [0.05, 0.1) is 0 Å². The lowest BCUT2D eigenvalue weighted by atomic mass is 10.1. The highest BCUT2D eigenvalue weighted by atomic mass is 16.2. The Hall–Kier alpha value is -0.920. The second kappa shape index (κ2) is 8.67. The number of hydrogen-bond donors (Lipinski definition) is 0. The van der Waals surface area contributed by atoms with Crippen LogP contribution in [0.25, 0.3) is 0 Å². The van der Waals surface area contributed by atoms with Crippen LogP contribution in [0, 0.1) is 0 Å². The van der Waals surface area contributed by atoms with Crippen molar-refractivity contribution in [2.45, 2.75) is 52.4 Å². The maximum Gasteiger partial charge on any atom is 0.220 e. The Balaban J connectivity index is 3.35. The van der Waals surface area contributed by atoms with Crippen LogP contribution in [0.15, 0.2) is 12.2 Å². The number of hydrogen-bond acceptors (Lipinski definition) is 2. The maximum absolute atomic E-state index is 10.8. The van der Waals surface area contributed by atoms with E-state index in [0.29, 0.717) is 0 Å². The first kappa shape index (κ1) is 13.1. The molecule has 80 valence electrons. The minimum Gasteiger partial charge on any atom is -0.291 e. The van der Waals surface area contributed by atoms with Gasteiger partial charge in [-0.3, -0.25) is 9.59 Å². The van der Waals surface area contributed by atoms with E-state index in [2.05, 4.69) is 6.92 Å². The standard InChI is InChI=1S/C12H20O2/c1-3-4-5-6-7-8-9-10-12(14)11(2)13/h9-10H,3-8H2,1-2H3. The van der Waals surface area contributed by atoms with Crippen LogP contribution in [0.3, 0.4) is 0 Å². The van der Waals surface area contributed by atoms with E-state index in [0.717, 1.165) is 12.8 Å². The van der Waals surface area contributed by atoms with E-state index in [1.807, 2.05) is 0 Å². The van der Waals surface area contributed by atoms with Crippen LogP contribution in [0.2, 0.25) is 0 Å². The Kier molecular flexibility index (Phi) is 8.10. The van der Waals surface area contributed by atoms with Gasteiger partial charge in [0.2, 0.25) is 5.78 Å². The molecular weight excluding hydrogens is 176 g/mol. The summed E-state index contributed by atoms with van der Waals surface area (Å²) in [6.07, 6.45) is 10.2. The van der Waals surface area contributed by atoms with E-state index in [1.54, 1.807) is 6.08 Å². The third kappa shape index (κ3) is 7.71. The molecule has 2 heteroatoms. The summed E-state index contributed by atoms with van der Waals surface area (Å²) >= 11 is 0. The van der Waals surface area contributed by atoms with E-state index in [4.69, 9.17) is 0 Å². The third-order valence-electron chi connectivity index (χ3n) is 2.09. The Morgan fingerprint density at radius 2 is 1.71 bits per heavy atom. The molecule has 0 saturated heterocycles. The number of unbranched alkanes of at least 4 members (excludes halogenated alkanes) is 5. The first-order valence-electron chi connectivity index (χ1n) is 5.40. The average molecular weight is 196 g/mol. The Bertz CT molecular complexity index is 204. The van der Waals surface area contributed by atoms with E-state index in [-0.39, 0.29) is 5.78 Å². The molecular formula is C12H20O2. The van der Waals surface area contributed by atoms with Crippen molar-refractivity contribution in [3.8, 4) is 0 Å². The monoisotopic (exact) mass is 196 g/mol. The minimum absolute atomic E-state index is 0.382. The van der Waals surface area contributed by atoms with Crippen molar-refractivity contribution in [1.82, 2.24) is 0 Å². The molecule has 0 aliphatic rings. The third-order valence-corrected chi connectivity index (χ3v) is 2.09. The molecule has 0 rings (SSSR count). The SMILES string of the molecule is CCCCCCCC=CC(=O)C(C)=O. The molecule has 0 spiro atoms. The highest BCUT2D eigenvalue weighted by Crippen LogP contribution is 2.05. The first-order valence-corrected chi connectivity index (χ1v) is 5.40. The lowest BCUT2D eigenvalue weighted by Gasteiger charge is -1.95. The molecule has 14 heavy (non-hydrogen) atoms. The molecule has 0 bridgehead atoms. The Labute approximate surface area is 86.4 Å². The number of carbonyl (C=O) groups is 2. The van der Waals surface area contributed by atoms with Crippen molar-refractivity contribution in [1.29, 1.82) is 0 Å². The highest BCUT2D eigenvalue weighted by molar-refractivity contribution is 6.40. The van der Waals surface area contributed by atoms with Gasteiger partial charge >= 0.3 is 0 Å². The fourth-order valence-corrected chi connectivity index (χ4v) is 1.17. The second-order valence-corrected chi connectivity index (χ2v) is 3.53. The molecule has 0 aliphatic heterocycles. The quantitative estimate of drug-likeness (QED) is 0.339. The summed E-state index contributed by atoms with van der Waals surface area (Å²) in [4.78, 5) is 21.4. The highest BCUT2D eigenvalue weighted by Gasteiger charge is 2.00. The predicted molar refractivity (Wildman–Crippen MR) is 58.2 cm³/mol. The zero-order valence-corrected chi connectivity index (χ0v) is 9.21. The van der Waals surface area contributed by atoms with Gasteiger partial charge in [-0.05, 0) is 18.9 Å². The Morgan fingerprint density at radius 1 is 1.07 bits per heavy atom. The van der Waals surface area contributed by atoms with Crippen LogP contribution >= 0.6 is 0 Å². The van der Waals surface area contributed by atoms with Crippen LogP contribution < -0.4 is 0 Å². The summed E-state index contributed by atoms with van der Waals surface area (Å²) in [5, 5.41) is 0. The first-order chi connectivity index (χ1) is 6.68. The molecule has 0 aliphatic carbocycles. The van der Waals surface area contributed by atoms with Gasteiger partial charge in [-0.15, -0.1) is 0 Å². The lowest BCUT2D eigenvalue weighted by molar-refractivity contribution is -0.132. The number of Topliss-reactive ketones (excluding diaryl/α,β-unsaturated/α-hetero) is 1. The van der Waals surface area contributed by atoms with Crippen molar-refractivity contribution < 1.29 is 9.59 Å². The van der Waals surface area contributed by atoms with E-state index in [1.165, 1.54) is 38.7 Å². The largest absolute Gasteiger partial charge is 0.291 e. The molecule has 2 nitrogen and oxygen atoms in total. The summed E-state index contributed by atoms with van der Waals surface area (Å²) < 4.78 is 0. The van der Waals surface area contributed by atoms with Crippen molar-refractivity contribution >= 4 is 11.6 Å². The fourth-order valence-electron chi connectivity index (χ4n) is 1.17. The van der Waals surface area contributed by atoms with Crippen molar-refractivity contribution in [3.63, 3.8) is 0 Å². The molecule has 0 unspecified atom stereocenters. The van der Waals surface area contributed by atoms with Gasteiger partial charge in [0.1, 0.15) is 0 Å². The van der Waals surface area contributed by atoms with E-state index < -0.39 is 5.78 Å². The molecule has 0 saturated carbocycles. The minimum atomic E-state index is -0.390. The van der Waals surface area contributed by atoms with Crippen LogP contribution in [-0.2, 0) is 9.59 Å². The molecule has 0 amide bonds. The summed E-state index contributed by atoms with van der Waals surface area (Å²) in [7, 11) is 0. The molecule has 0 aromatic heterocycles. The van der Waals surface area contributed by atoms with Crippen molar-refractivity contribution in [2.24, 2.45) is 0 Å². The number of carbonyl (C=O) groups excluding carboxylic acids is 2. The van der Waals surface area contributed by atoms with Gasteiger partial charge in [0, 0.05) is 6.92 Å². The van der Waals surface area contributed by atoms with Crippen LogP contribution in [-0.4, -0.2) is 11.6 Å². The van der Waals surface area contributed by atoms with Gasteiger partial charge in [0.25, 0.3) is 0 Å². The molecule has 0 aromatic carbocycles. The number of rotatable bonds is 8. The topological polar surface area (TPSA) is 34.1 Å². The molecule has 0 N–H and O–H groups in total. The van der Waals surface area contributed by atoms with Gasteiger partial charge in [-0.1, -0.05) is 38.7 Å². The summed E-state index contributed by atoms with van der Waals surface area (Å²) in [6.45, 7) is 3.49. The maximum atomic E-state index is 10.8. The summed E-state index contributed by atoms with van der Waals surface area (Å²) in [6, 6.07) is 0. The zero-order valence-electron chi connectivity index (χ0n) is 9.21.